The van der Waals surface area contributed by atoms with Crippen LogP contribution >= 0.6 is 11.6 Å². The van der Waals surface area contributed by atoms with E-state index in [0.29, 0.717) is 34.4 Å². The fourth-order valence-electron chi connectivity index (χ4n) is 3.85. The molecule has 0 N–H and O–H groups in total. The van der Waals surface area contributed by atoms with Crippen molar-refractivity contribution in [2.75, 3.05) is 12.9 Å². The van der Waals surface area contributed by atoms with Gasteiger partial charge in [0.25, 0.3) is 0 Å². The van der Waals surface area contributed by atoms with Crippen molar-refractivity contribution in [2.24, 2.45) is 7.05 Å². The third kappa shape index (κ3) is 5.78. The van der Waals surface area contributed by atoms with Crippen LogP contribution in [0, 0.1) is 11.3 Å². The number of nitriles is 1. The van der Waals surface area contributed by atoms with Gasteiger partial charge in [-0.3, -0.25) is 0 Å². The van der Waals surface area contributed by atoms with Crippen molar-refractivity contribution in [1.29, 1.82) is 5.26 Å². The first kappa shape index (κ1) is 25.5. The lowest BCUT2D eigenvalue weighted by atomic mass is 10.0. The number of halogens is 1. The Balaban J connectivity index is 1.60. The molecular formula is C26H25ClN4O4S. The highest BCUT2D eigenvalue weighted by molar-refractivity contribution is 7.89. The number of nitrogens with zero attached hydrogens (tertiary/aromatic N) is 4. The zero-order valence-corrected chi connectivity index (χ0v) is 21.7. The van der Waals surface area contributed by atoms with Gasteiger partial charge in [0.1, 0.15) is 30.0 Å². The maximum atomic E-state index is 11.5. The van der Waals surface area contributed by atoms with E-state index >= 15 is 0 Å². The number of benzene rings is 2. The summed E-state index contributed by atoms with van der Waals surface area (Å²) in [6.45, 7) is 2.65. The second-order valence-electron chi connectivity index (χ2n) is 8.45. The minimum atomic E-state index is -3.23. The standard InChI is InChI=1S/C26H25ClN4O4S/c1-4-9-34-26-18(13-28)10-17(11-23(26)27)22-14-31(2)24-12-20(5-6-21(22)24)35-15-19-7-8-29-25(30-19)16-36(3,32)33/h5-8,10-12,14H,4,9,15-16H2,1-3H3. The topological polar surface area (TPSA) is 107 Å². The first-order chi connectivity index (χ1) is 17.2. The number of hydrogen-bond donors (Lipinski definition) is 0. The van der Waals surface area contributed by atoms with Gasteiger partial charge in [0.2, 0.25) is 0 Å². The molecular weight excluding hydrogens is 500 g/mol. The molecule has 2 aromatic heterocycles. The molecule has 0 aliphatic rings. The summed E-state index contributed by atoms with van der Waals surface area (Å²) < 4.78 is 36.6. The quantitative estimate of drug-likeness (QED) is 0.300. The second-order valence-corrected chi connectivity index (χ2v) is 11.0. The molecule has 10 heteroatoms. The van der Waals surface area contributed by atoms with Crippen molar-refractivity contribution < 1.29 is 17.9 Å². The van der Waals surface area contributed by atoms with E-state index in [4.69, 9.17) is 21.1 Å². The van der Waals surface area contributed by atoms with Crippen molar-refractivity contribution in [1.82, 2.24) is 14.5 Å². The molecule has 4 aromatic rings. The molecule has 0 atom stereocenters. The first-order valence-corrected chi connectivity index (χ1v) is 13.7. The largest absolute Gasteiger partial charge is 0.491 e. The highest BCUT2D eigenvalue weighted by atomic mass is 35.5. The lowest BCUT2D eigenvalue weighted by molar-refractivity contribution is 0.301. The molecule has 0 bridgehead atoms. The van der Waals surface area contributed by atoms with Crippen LogP contribution in [0.5, 0.6) is 11.5 Å². The zero-order chi connectivity index (χ0) is 25.9. The molecule has 0 aliphatic heterocycles. The van der Waals surface area contributed by atoms with E-state index < -0.39 is 9.84 Å². The van der Waals surface area contributed by atoms with Crippen molar-refractivity contribution in [3.05, 3.63) is 70.9 Å². The average Bonchev–Trinajstić information content (AvgIpc) is 3.16. The Morgan fingerprint density at radius 3 is 2.69 bits per heavy atom. The number of aromatic nitrogens is 3. The molecule has 0 saturated heterocycles. The molecule has 0 aliphatic carbocycles. The van der Waals surface area contributed by atoms with Crippen LogP contribution in [0.25, 0.3) is 22.0 Å². The molecule has 8 nitrogen and oxygen atoms in total. The number of fused-ring (bicyclic) bond motifs is 1. The molecule has 0 amide bonds. The number of aryl methyl sites for hydroxylation is 1. The highest BCUT2D eigenvalue weighted by Crippen LogP contribution is 2.38. The molecule has 36 heavy (non-hydrogen) atoms. The Labute approximate surface area is 215 Å². The third-order valence-corrected chi connectivity index (χ3v) is 6.49. The van der Waals surface area contributed by atoms with Gasteiger partial charge in [0.05, 0.1) is 28.4 Å². The van der Waals surface area contributed by atoms with E-state index in [-0.39, 0.29) is 18.2 Å². The van der Waals surface area contributed by atoms with Crippen molar-refractivity contribution in [2.45, 2.75) is 25.7 Å². The number of ether oxygens (including phenoxy) is 2. The minimum Gasteiger partial charge on any atom is -0.491 e. The van der Waals surface area contributed by atoms with Gasteiger partial charge in [0.15, 0.2) is 15.6 Å². The van der Waals surface area contributed by atoms with E-state index in [0.717, 1.165) is 34.7 Å². The maximum absolute atomic E-state index is 11.5. The second kappa shape index (κ2) is 10.6. The summed E-state index contributed by atoms with van der Waals surface area (Å²) in [6, 6.07) is 13.2. The molecule has 0 saturated carbocycles. The lowest BCUT2D eigenvalue weighted by Crippen LogP contribution is -2.07. The summed E-state index contributed by atoms with van der Waals surface area (Å²) in [5.74, 6) is 1.06. The van der Waals surface area contributed by atoms with Gasteiger partial charge in [-0.25, -0.2) is 18.4 Å². The van der Waals surface area contributed by atoms with Crippen LogP contribution in [-0.4, -0.2) is 35.8 Å². The summed E-state index contributed by atoms with van der Waals surface area (Å²) >= 11 is 6.48. The highest BCUT2D eigenvalue weighted by Gasteiger charge is 2.16. The molecule has 2 heterocycles. The van der Waals surface area contributed by atoms with E-state index in [1.54, 1.807) is 12.1 Å². The molecule has 0 fully saturated rings. The maximum Gasteiger partial charge on any atom is 0.155 e. The fraction of sp³-hybridized carbons (Fsp3) is 0.269. The Bertz CT molecular complexity index is 1580. The SMILES string of the molecule is CCCOc1c(Cl)cc(-c2cn(C)c3cc(OCc4ccnc(CS(C)(=O)=O)n4)ccc23)cc1C#N. The zero-order valence-electron chi connectivity index (χ0n) is 20.2. The van der Waals surface area contributed by atoms with E-state index in [9.17, 15) is 13.7 Å². The molecule has 4 rings (SSSR count). The predicted octanol–water partition coefficient (Wildman–Crippen LogP) is 5.07. The lowest BCUT2D eigenvalue weighted by Gasteiger charge is -2.11. The van der Waals surface area contributed by atoms with Gasteiger partial charge < -0.3 is 14.0 Å². The Hall–Kier alpha value is -3.61. The van der Waals surface area contributed by atoms with Gasteiger partial charge in [-0.2, -0.15) is 5.26 Å². The summed E-state index contributed by atoms with van der Waals surface area (Å²) in [6.07, 6.45) is 5.47. The van der Waals surface area contributed by atoms with Gasteiger partial charge in [0, 0.05) is 42.7 Å². The van der Waals surface area contributed by atoms with Gasteiger partial charge in [-0.15, -0.1) is 0 Å². The van der Waals surface area contributed by atoms with Crippen molar-refractivity contribution in [3.8, 4) is 28.7 Å². The van der Waals surface area contributed by atoms with Gasteiger partial charge in [-0.1, -0.05) is 18.5 Å². The molecule has 2 aromatic carbocycles. The van der Waals surface area contributed by atoms with Crippen LogP contribution in [0.2, 0.25) is 5.02 Å². The summed E-state index contributed by atoms with van der Waals surface area (Å²) in [7, 11) is -1.29. The molecule has 0 radical (unpaired) electrons. The molecule has 0 spiro atoms. The van der Waals surface area contributed by atoms with Crippen LogP contribution in [0.4, 0.5) is 0 Å². The number of sulfone groups is 1. The Kier molecular flexibility index (Phi) is 7.48. The predicted molar refractivity (Wildman–Crippen MR) is 139 cm³/mol. The van der Waals surface area contributed by atoms with E-state index in [2.05, 4.69) is 16.0 Å². The summed E-state index contributed by atoms with van der Waals surface area (Å²) in [5.41, 5.74) is 3.66. The van der Waals surface area contributed by atoms with Gasteiger partial charge in [-0.05, 0) is 42.3 Å². The number of rotatable bonds is 9. The normalized spacial score (nSPS) is 11.4. The first-order valence-electron chi connectivity index (χ1n) is 11.3. The summed E-state index contributed by atoms with van der Waals surface area (Å²) in [5, 5.41) is 11.0. The Morgan fingerprint density at radius 1 is 1.17 bits per heavy atom. The van der Waals surface area contributed by atoms with Crippen LogP contribution in [-0.2, 0) is 29.2 Å². The van der Waals surface area contributed by atoms with Crippen LogP contribution in [0.1, 0.15) is 30.4 Å². The third-order valence-electron chi connectivity index (χ3n) is 5.43. The molecule has 186 valence electrons. The van der Waals surface area contributed by atoms with Crippen LogP contribution < -0.4 is 9.47 Å². The minimum absolute atomic E-state index is 0.169. The molecule has 0 unspecified atom stereocenters. The number of hydrogen-bond acceptors (Lipinski definition) is 7. The Morgan fingerprint density at radius 2 is 1.97 bits per heavy atom. The van der Waals surface area contributed by atoms with Crippen LogP contribution in [0.15, 0.2) is 48.8 Å². The fourth-order valence-corrected chi connectivity index (χ4v) is 4.73. The smallest absolute Gasteiger partial charge is 0.155 e. The van der Waals surface area contributed by atoms with Crippen molar-refractivity contribution >= 4 is 32.3 Å². The van der Waals surface area contributed by atoms with Gasteiger partial charge >= 0.3 is 0 Å². The monoisotopic (exact) mass is 524 g/mol. The summed E-state index contributed by atoms with van der Waals surface area (Å²) in [4.78, 5) is 8.29. The van der Waals surface area contributed by atoms with E-state index in [1.165, 1.54) is 6.20 Å². The average molecular weight is 525 g/mol. The van der Waals surface area contributed by atoms with Crippen molar-refractivity contribution in [3.63, 3.8) is 0 Å². The van der Waals surface area contributed by atoms with Crippen LogP contribution in [0.3, 0.4) is 0 Å². The van der Waals surface area contributed by atoms with E-state index in [1.807, 2.05) is 49.0 Å².